The van der Waals surface area contributed by atoms with Crippen molar-refractivity contribution in [3.63, 3.8) is 0 Å². The predicted octanol–water partition coefficient (Wildman–Crippen LogP) is 3.63. The lowest BCUT2D eigenvalue weighted by Gasteiger charge is -2.18. The summed E-state index contributed by atoms with van der Waals surface area (Å²) in [6.45, 7) is 7.08. The first-order chi connectivity index (χ1) is 12.8. The molecule has 0 saturated heterocycles. The van der Waals surface area contributed by atoms with Gasteiger partial charge in [-0.15, -0.1) is 0 Å². The second kappa shape index (κ2) is 6.23. The molecule has 1 aromatic carbocycles. The Morgan fingerprint density at radius 2 is 1.85 bits per heavy atom. The van der Waals surface area contributed by atoms with Crippen molar-refractivity contribution in [2.24, 2.45) is 12.5 Å². The smallest absolute Gasteiger partial charge is 0.295 e. The van der Waals surface area contributed by atoms with Gasteiger partial charge in [0.05, 0.1) is 16.7 Å². The number of hydrogen-bond donors (Lipinski definition) is 0. The van der Waals surface area contributed by atoms with E-state index < -0.39 is 0 Å². The summed E-state index contributed by atoms with van der Waals surface area (Å²) < 4.78 is 5.30. The summed E-state index contributed by atoms with van der Waals surface area (Å²) in [7, 11) is 1.82. The Morgan fingerprint density at radius 3 is 2.56 bits per heavy atom. The van der Waals surface area contributed by atoms with Crippen molar-refractivity contribution in [2.45, 2.75) is 27.3 Å². The number of aromatic nitrogens is 5. The molecule has 0 amide bonds. The van der Waals surface area contributed by atoms with E-state index in [9.17, 15) is 4.79 Å². The standard InChI is InChI=1S/C21H23N5O/c1-21(2,3)14-25-17-10-9-15(13-18(17)24(4)20(25)27)16-7-5-8-19(23-16)26-12-6-11-22-26/h5-13H,14H2,1-4H3. The molecule has 0 atom stereocenters. The van der Waals surface area contributed by atoms with E-state index in [-0.39, 0.29) is 11.1 Å². The molecule has 0 saturated carbocycles. The molecule has 0 fully saturated rings. The molecule has 4 rings (SSSR count). The Kier molecular flexibility index (Phi) is 3.98. The minimum Gasteiger partial charge on any atom is -0.295 e. The molecule has 3 aromatic heterocycles. The highest BCUT2D eigenvalue weighted by Crippen LogP contribution is 2.25. The molecule has 6 nitrogen and oxygen atoms in total. The summed E-state index contributed by atoms with van der Waals surface area (Å²) in [5, 5.41) is 4.24. The summed E-state index contributed by atoms with van der Waals surface area (Å²) >= 11 is 0. The van der Waals surface area contributed by atoms with Gasteiger partial charge >= 0.3 is 5.69 Å². The van der Waals surface area contributed by atoms with Gasteiger partial charge in [-0.25, -0.2) is 14.5 Å². The van der Waals surface area contributed by atoms with Crippen LogP contribution in [0, 0.1) is 5.41 Å². The first-order valence-corrected chi connectivity index (χ1v) is 9.00. The predicted molar refractivity (Wildman–Crippen MR) is 107 cm³/mol. The van der Waals surface area contributed by atoms with E-state index in [1.54, 1.807) is 15.4 Å². The zero-order valence-corrected chi connectivity index (χ0v) is 16.0. The van der Waals surface area contributed by atoms with Crippen LogP contribution < -0.4 is 5.69 Å². The summed E-state index contributed by atoms with van der Waals surface area (Å²) in [6, 6.07) is 13.8. The lowest BCUT2D eigenvalue weighted by Crippen LogP contribution is -2.27. The van der Waals surface area contributed by atoms with Crippen molar-refractivity contribution in [1.82, 2.24) is 23.9 Å². The van der Waals surface area contributed by atoms with Crippen molar-refractivity contribution in [2.75, 3.05) is 0 Å². The van der Waals surface area contributed by atoms with Crippen LogP contribution in [0.5, 0.6) is 0 Å². The molecule has 6 heteroatoms. The molecule has 138 valence electrons. The molecular weight excluding hydrogens is 338 g/mol. The number of rotatable bonds is 3. The zero-order chi connectivity index (χ0) is 19.2. The molecule has 0 spiro atoms. The van der Waals surface area contributed by atoms with Crippen molar-refractivity contribution in [3.8, 4) is 17.1 Å². The highest BCUT2D eigenvalue weighted by molar-refractivity contribution is 5.82. The van der Waals surface area contributed by atoms with E-state index in [2.05, 4.69) is 25.9 Å². The van der Waals surface area contributed by atoms with Crippen LogP contribution in [0.25, 0.3) is 28.1 Å². The van der Waals surface area contributed by atoms with Crippen molar-refractivity contribution < 1.29 is 0 Å². The number of aryl methyl sites for hydroxylation is 1. The maximum Gasteiger partial charge on any atom is 0.328 e. The maximum atomic E-state index is 12.7. The normalized spacial score (nSPS) is 12.0. The van der Waals surface area contributed by atoms with Gasteiger partial charge < -0.3 is 0 Å². The number of benzene rings is 1. The minimum absolute atomic E-state index is 0.00956. The average Bonchev–Trinajstić information content (AvgIpc) is 3.25. The molecule has 0 radical (unpaired) electrons. The molecule has 0 aliphatic carbocycles. The van der Waals surface area contributed by atoms with Crippen LogP contribution in [-0.4, -0.2) is 23.9 Å². The Bertz CT molecular complexity index is 1160. The van der Waals surface area contributed by atoms with E-state index >= 15 is 0 Å². The van der Waals surface area contributed by atoms with Gasteiger partial charge in [0.25, 0.3) is 0 Å². The summed E-state index contributed by atoms with van der Waals surface area (Å²) in [6.07, 6.45) is 3.60. The fourth-order valence-electron chi connectivity index (χ4n) is 3.31. The third-order valence-corrected chi connectivity index (χ3v) is 4.55. The van der Waals surface area contributed by atoms with E-state index in [1.165, 1.54) is 0 Å². The van der Waals surface area contributed by atoms with Crippen LogP contribution >= 0.6 is 0 Å². The molecule has 4 aromatic rings. The Hall–Kier alpha value is -3.15. The summed E-state index contributed by atoms with van der Waals surface area (Å²) in [4.78, 5) is 17.4. The molecule has 27 heavy (non-hydrogen) atoms. The summed E-state index contributed by atoms with van der Waals surface area (Å²) in [5.74, 6) is 0.761. The lowest BCUT2D eigenvalue weighted by atomic mass is 9.97. The van der Waals surface area contributed by atoms with Crippen LogP contribution in [0.4, 0.5) is 0 Å². The highest BCUT2D eigenvalue weighted by atomic mass is 16.1. The van der Waals surface area contributed by atoms with Gasteiger partial charge in [0.2, 0.25) is 0 Å². The highest BCUT2D eigenvalue weighted by Gasteiger charge is 2.18. The molecule has 0 bridgehead atoms. The molecule has 0 N–H and O–H groups in total. The Morgan fingerprint density at radius 1 is 1.04 bits per heavy atom. The molecular formula is C21H23N5O. The first-order valence-electron chi connectivity index (χ1n) is 9.00. The van der Waals surface area contributed by atoms with Crippen LogP contribution in [0.15, 0.2) is 59.7 Å². The van der Waals surface area contributed by atoms with Crippen molar-refractivity contribution >= 4 is 11.0 Å². The largest absolute Gasteiger partial charge is 0.328 e. The Labute approximate surface area is 157 Å². The van der Waals surface area contributed by atoms with Gasteiger partial charge in [-0.3, -0.25) is 9.13 Å². The average molecular weight is 361 g/mol. The Balaban J connectivity index is 1.82. The molecule has 3 heterocycles. The van der Waals surface area contributed by atoms with E-state index in [1.807, 2.05) is 60.3 Å². The lowest BCUT2D eigenvalue weighted by molar-refractivity contribution is 0.342. The van der Waals surface area contributed by atoms with Crippen LogP contribution in [-0.2, 0) is 13.6 Å². The molecule has 0 aliphatic heterocycles. The number of pyridine rings is 1. The van der Waals surface area contributed by atoms with Crippen LogP contribution in [0.2, 0.25) is 0 Å². The van der Waals surface area contributed by atoms with Gasteiger partial charge in [0.15, 0.2) is 5.82 Å². The van der Waals surface area contributed by atoms with Crippen molar-refractivity contribution in [1.29, 1.82) is 0 Å². The van der Waals surface area contributed by atoms with E-state index in [0.717, 1.165) is 28.1 Å². The number of hydrogen-bond acceptors (Lipinski definition) is 3. The van der Waals surface area contributed by atoms with Crippen LogP contribution in [0.1, 0.15) is 20.8 Å². The zero-order valence-electron chi connectivity index (χ0n) is 16.0. The number of fused-ring (bicyclic) bond motifs is 1. The van der Waals surface area contributed by atoms with Crippen molar-refractivity contribution in [3.05, 3.63) is 65.3 Å². The number of imidazole rings is 1. The fourth-order valence-corrected chi connectivity index (χ4v) is 3.31. The van der Waals surface area contributed by atoms with Crippen LogP contribution in [0.3, 0.4) is 0 Å². The van der Waals surface area contributed by atoms with E-state index in [4.69, 9.17) is 4.98 Å². The van der Waals surface area contributed by atoms with Gasteiger partial charge in [-0.05, 0) is 35.7 Å². The van der Waals surface area contributed by atoms with Gasteiger partial charge in [0, 0.05) is 31.5 Å². The second-order valence-electron chi connectivity index (χ2n) is 8.02. The number of nitrogens with zero attached hydrogens (tertiary/aromatic N) is 5. The first kappa shape index (κ1) is 17.3. The third-order valence-electron chi connectivity index (χ3n) is 4.55. The van der Waals surface area contributed by atoms with Gasteiger partial charge in [-0.1, -0.05) is 32.9 Å². The monoisotopic (exact) mass is 361 g/mol. The second-order valence-corrected chi connectivity index (χ2v) is 8.02. The molecule has 0 aliphatic rings. The fraction of sp³-hybridized carbons (Fsp3) is 0.286. The SMILES string of the molecule is Cn1c(=O)n(CC(C)(C)C)c2ccc(-c3cccc(-n4cccn4)n3)cc21. The van der Waals surface area contributed by atoms with Gasteiger partial charge in [-0.2, -0.15) is 5.10 Å². The maximum absolute atomic E-state index is 12.7. The summed E-state index contributed by atoms with van der Waals surface area (Å²) in [5.41, 5.74) is 3.71. The van der Waals surface area contributed by atoms with Gasteiger partial charge in [0.1, 0.15) is 0 Å². The minimum atomic E-state index is 0.00956. The third kappa shape index (κ3) is 3.18. The quantitative estimate of drug-likeness (QED) is 0.560. The topological polar surface area (TPSA) is 57.6 Å². The molecule has 0 unspecified atom stereocenters. The van der Waals surface area contributed by atoms with E-state index in [0.29, 0.717) is 6.54 Å².